The molecule has 0 fully saturated rings. The van der Waals surface area contributed by atoms with Gasteiger partial charge in [-0.1, -0.05) is 56.5 Å². The summed E-state index contributed by atoms with van der Waals surface area (Å²) in [5.74, 6) is 1.83. The van der Waals surface area contributed by atoms with E-state index in [-0.39, 0.29) is 12.5 Å². The Kier molecular flexibility index (Phi) is 8.76. The number of carbonyl (C=O) groups is 1. The molecule has 1 N–H and O–H groups in total. The van der Waals surface area contributed by atoms with Crippen LogP contribution in [0.5, 0.6) is 5.75 Å². The molecule has 160 valence electrons. The average Bonchev–Trinajstić information content (AvgIpc) is 3.13. The number of carbonyl (C=O) groups excluding carboxylic acids is 1. The normalized spacial score (nSPS) is 11.0. The Bertz CT molecular complexity index is 905. The second kappa shape index (κ2) is 12.0. The zero-order valence-corrected chi connectivity index (χ0v) is 18.0. The number of fused-ring (bicyclic) bond motifs is 1. The maximum Gasteiger partial charge on any atom is 0.257 e. The number of benzene rings is 2. The Morgan fingerprint density at radius 2 is 1.77 bits per heavy atom. The first-order valence-electron chi connectivity index (χ1n) is 11.2. The van der Waals surface area contributed by atoms with Crippen LogP contribution in [0.3, 0.4) is 0 Å². The van der Waals surface area contributed by atoms with Gasteiger partial charge in [-0.05, 0) is 43.5 Å². The SMILES string of the molecule is CCCCCn1c(CCCCCNC(=O)COc2ccccc2)nc2ccccc21. The molecule has 1 heterocycles. The molecule has 0 atom stereocenters. The third-order valence-electron chi connectivity index (χ3n) is 5.23. The second-order valence-electron chi connectivity index (χ2n) is 7.64. The van der Waals surface area contributed by atoms with Gasteiger partial charge in [0, 0.05) is 19.5 Å². The summed E-state index contributed by atoms with van der Waals surface area (Å²) in [5.41, 5.74) is 2.34. The van der Waals surface area contributed by atoms with E-state index >= 15 is 0 Å². The lowest BCUT2D eigenvalue weighted by Gasteiger charge is -2.09. The number of amides is 1. The zero-order chi connectivity index (χ0) is 21.0. The summed E-state index contributed by atoms with van der Waals surface area (Å²) in [4.78, 5) is 16.8. The van der Waals surface area contributed by atoms with Crippen molar-refractivity contribution in [3.8, 4) is 5.75 Å². The molecule has 1 aromatic heterocycles. The molecule has 5 nitrogen and oxygen atoms in total. The fourth-order valence-corrected chi connectivity index (χ4v) is 3.62. The lowest BCUT2D eigenvalue weighted by atomic mass is 10.2. The molecule has 0 saturated heterocycles. The van der Waals surface area contributed by atoms with Crippen molar-refractivity contribution >= 4 is 16.9 Å². The highest BCUT2D eigenvalue weighted by Gasteiger charge is 2.10. The Morgan fingerprint density at radius 1 is 0.967 bits per heavy atom. The molecule has 30 heavy (non-hydrogen) atoms. The Hall–Kier alpha value is -2.82. The number of nitrogens with one attached hydrogen (secondary N) is 1. The van der Waals surface area contributed by atoms with Crippen LogP contribution in [0.25, 0.3) is 11.0 Å². The first-order chi connectivity index (χ1) is 14.8. The van der Waals surface area contributed by atoms with Crippen molar-refractivity contribution in [2.24, 2.45) is 0 Å². The van der Waals surface area contributed by atoms with Gasteiger partial charge in [0.05, 0.1) is 11.0 Å². The molecular weight excluding hydrogens is 374 g/mol. The summed E-state index contributed by atoms with van der Waals surface area (Å²) in [5, 5.41) is 2.93. The van der Waals surface area contributed by atoms with Crippen LogP contribution < -0.4 is 10.1 Å². The number of para-hydroxylation sites is 3. The largest absolute Gasteiger partial charge is 0.484 e. The van der Waals surface area contributed by atoms with Crippen LogP contribution in [0.15, 0.2) is 54.6 Å². The minimum absolute atomic E-state index is 0.0613. The van der Waals surface area contributed by atoms with E-state index in [1.54, 1.807) is 0 Å². The number of nitrogens with zero attached hydrogens (tertiary/aromatic N) is 2. The van der Waals surface area contributed by atoms with Gasteiger partial charge < -0.3 is 14.6 Å². The Morgan fingerprint density at radius 3 is 2.60 bits per heavy atom. The molecule has 5 heteroatoms. The smallest absolute Gasteiger partial charge is 0.257 e. The van der Waals surface area contributed by atoms with Gasteiger partial charge >= 0.3 is 0 Å². The highest BCUT2D eigenvalue weighted by molar-refractivity contribution is 5.77. The monoisotopic (exact) mass is 407 g/mol. The molecule has 0 bridgehead atoms. The summed E-state index contributed by atoms with van der Waals surface area (Å²) >= 11 is 0. The van der Waals surface area contributed by atoms with Crippen LogP contribution in [0.1, 0.15) is 51.3 Å². The van der Waals surface area contributed by atoms with E-state index in [1.807, 2.05) is 30.3 Å². The first kappa shape index (κ1) is 21.9. The van der Waals surface area contributed by atoms with Crippen LogP contribution >= 0.6 is 0 Å². The van der Waals surface area contributed by atoms with Gasteiger partial charge in [0.15, 0.2) is 6.61 Å². The molecule has 0 spiro atoms. The average molecular weight is 408 g/mol. The molecule has 1 amide bonds. The number of aryl methyl sites for hydroxylation is 2. The second-order valence-corrected chi connectivity index (χ2v) is 7.64. The van der Waals surface area contributed by atoms with Gasteiger partial charge in [0.2, 0.25) is 0 Å². The third kappa shape index (κ3) is 6.61. The van der Waals surface area contributed by atoms with Crippen molar-refractivity contribution in [2.75, 3.05) is 13.2 Å². The van der Waals surface area contributed by atoms with Crippen molar-refractivity contribution in [3.05, 3.63) is 60.4 Å². The lowest BCUT2D eigenvalue weighted by molar-refractivity contribution is -0.123. The van der Waals surface area contributed by atoms with Crippen LogP contribution in [-0.2, 0) is 17.8 Å². The van der Waals surface area contributed by atoms with E-state index < -0.39 is 0 Å². The minimum atomic E-state index is -0.0726. The van der Waals surface area contributed by atoms with Crippen molar-refractivity contribution < 1.29 is 9.53 Å². The van der Waals surface area contributed by atoms with Crippen molar-refractivity contribution in [1.29, 1.82) is 0 Å². The predicted molar refractivity (Wildman–Crippen MR) is 122 cm³/mol. The number of rotatable bonds is 13. The van der Waals surface area contributed by atoms with Gasteiger partial charge in [-0.2, -0.15) is 0 Å². The van der Waals surface area contributed by atoms with Crippen LogP contribution in [0.4, 0.5) is 0 Å². The number of unbranched alkanes of at least 4 members (excludes halogenated alkanes) is 4. The molecule has 3 rings (SSSR count). The number of hydrogen-bond donors (Lipinski definition) is 1. The maximum absolute atomic E-state index is 11.9. The highest BCUT2D eigenvalue weighted by Crippen LogP contribution is 2.19. The highest BCUT2D eigenvalue weighted by atomic mass is 16.5. The van der Waals surface area contributed by atoms with E-state index in [1.165, 1.54) is 30.6 Å². The molecule has 0 radical (unpaired) electrons. The summed E-state index contributed by atoms with van der Waals surface area (Å²) in [6, 6.07) is 17.8. The summed E-state index contributed by atoms with van der Waals surface area (Å²) in [6.07, 6.45) is 7.76. The van der Waals surface area contributed by atoms with Crippen LogP contribution in [0.2, 0.25) is 0 Å². The van der Waals surface area contributed by atoms with E-state index in [0.29, 0.717) is 6.54 Å². The number of ether oxygens (including phenoxy) is 1. The molecule has 3 aromatic rings. The van der Waals surface area contributed by atoms with E-state index in [4.69, 9.17) is 9.72 Å². The molecule has 0 aliphatic carbocycles. The van der Waals surface area contributed by atoms with Gasteiger partial charge in [-0.15, -0.1) is 0 Å². The van der Waals surface area contributed by atoms with Gasteiger partial charge in [0.1, 0.15) is 11.6 Å². The van der Waals surface area contributed by atoms with Crippen molar-refractivity contribution in [3.63, 3.8) is 0 Å². The summed E-state index contributed by atoms with van der Waals surface area (Å²) in [6.45, 7) is 4.02. The van der Waals surface area contributed by atoms with Crippen molar-refractivity contribution in [1.82, 2.24) is 14.9 Å². The van der Waals surface area contributed by atoms with Crippen LogP contribution in [0, 0.1) is 0 Å². The quantitative estimate of drug-likeness (QED) is 0.399. The Balaban J connectivity index is 1.37. The molecular formula is C25H33N3O2. The molecule has 0 aliphatic rings. The van der Waals surface area contributed by atoms with Crippen molar-refractivity contribution in [2.45, 2.75) is 58.4 Å². The number of aromatic nitrogens is 2. The van der Waals surface area contributed by atoms with E-state index in [9.17, 15) is 4.79 Å². The fourth-order valence-electron chi connectivity index (χ4n) is 3.62. The Labute approximate surface area is 179 Å². The predicted octanol–water partition coefficient (Wildman–Crippen LogP) is 5.13. The number of imidazole rings is 1. The molecule has 0 unspecified atom stereocenters. The van der Waals surface area contributed by atoms with E-state index in [2.05, 4.69) is 41.1 Å². The minimum Gasteiger partial charge on any atom is -0.484 e. The first-order valence-corrected chi connectivity index (χ1v) is 11.2. The molecule has 0 aliphatic heterocycles. The lowest BCUT2D eigenvalue weighted by Crippen LogP contribution is -2.29. The van der Waals surface area contributed by atoms with E-state index in [0.717, 1.165) is 43.5 Å². The maximum atomic E-state index is 11.9. The standard InChI is InChI=1S/C25H33N3O2/c1-2-3-12-19-28-23-16-10-9-15-22(23)27-24(28)17-8-5-11-18-26-25(29)20-30-21-13-6-4-7-14-21/h4,6-7,9-10,13-16H,2-3,5,8,11-12,17-20H2,1H3,(H,26,29). The third-order valence-corrected chi connectivity index (χ3v) is 5.23. The summed E-state index contributed by atoms with van der Waals surface area (Å²) in [7, 11) is 0. The van der Waals surface area contributed by atoms with Gasteiger partial charge in [-0.25, -0.2) is 4.98 Å². The zero-order valence-electron chi connectivity index (χ0n) is 18.0. The van der Waals surface area contributed by atoms with Gasteiger partial charge in [0.25, 0.3) is 5.91 Å². The topological polar surface area (TPSA) is 56.2 Å². The fraction of sp³-hybridized carbons (Fsp3) is 0.440. The molecule has 0 saturated carbocycles. The number of hydrogen-bond acceptors (Lipinski definition) is 3. The van der Waals surface area contributed by atoms with Gasteiger partial charge in [-0.3, -0.25) is 4.79 Å². The molecule has 2 aromatic carbocycles. The van der Waals surface area contributed by atoms with Crippen LogP contribution in [-0.4, -0.2) is 28.6 Å². The summed E-state index contributed by atoms with van der Waals surface area (Å²) < 4.78 is 7.86.